The molecule has 0 aliphatic heterocycles. The van der Waals surface area contributed by atoms with E-state index in [2.05, 4.69) is 31.0 Å². The summed E-state index contributed by atoms with van der Waals surface area (Å²) in [7, 11) is 0. The lowest BCUT2D eigenvalue weighted by atomic mass is 10.1. The molecule has 0 radical (unpaired) electrons. The van der Waals surface area contributed by atoms with Crippen molar-refractivity contribution in [3.63, 3.8) is 0 Å². The van der Waals surface area contributed by atoms with Gasteiger partial charge in [0.25, 0.3) is 0 Å². The van der Waals surface area contributed by atoms with Crippen molar-refractivity contribution in [1.29, 1.82) is 0 Å². The summed E-state index contributed by atoms with van der Waals surface area (Å²) in [6.45, 7) is 4.93. The number of nitrogens with zero attached hydrogens (tertiary/aromatic N) is 2. The van der Waals surface area contributed by atoms with Gasteiger partial charge < -0.3 is 14.4 Å². The van der Waals surface area contributed by atoms with Crippen molar-refractivity contribution in [1.82, 2.24) is 9.55 Å². The summed E-state index contributed by atoms with van der Waals surface area (Å²) < 4.78 is 7.73. The fourth-order valence-electron chi connectivity index (χ4n) is 2.71. The zero-order valence-electron chi connectivity index (χ0n) is 13.5. The summed E-state index contributed by atoms with van der Waals surface area (Å²) in [4.78, 5) is 4.33. The van der Waals surface area contributed by atoms with E-state index in [0.717, 1.165) is 17.0 Å². The van der Waals surface area contributed by atoms with Crippen LogP contribution in [0, 0.1) is 0 Å². The van der Waals surface area contributed by atoms with Gasteiger partial charge in [0.15, 0.2) is 0 Å². The Morgan fingerprint density at radius 3 is 2.70 bits per heavy atom. The van der Waals surface area contributed by atoms with Crippen molar-refractivity contribution < 1.29 is 9.84 Å². The summed E-state index contributed by atoms with van der Waals surface area (Å²) in [6.07, 6.45) is 3.09. The minimum Gasteiger partial charge on any atom is -0.491 e. The maximum absolute atomic E-state index is 10.2. The lowest BCUT2D eigenvalue weighted by Gasteiger charge is -2.16. The molecule has 1 unspecified atom stereocenters. The Morgan fingerprint density at radius 1 is 1.13 bits per heavy atom. The highest BCUT2D eigenvalue weighted by molar-refractivity contribution is 5.83. The van der Waals surface area contributed by atoms with Gasteiger partial charge in [-0.3, -0.25) is 0 Å². The van der Waals surface area contributed by atoms with Gasteiger partial charge >= 0.3 is 0 Å². The van der Waals surface area contributed by atoms with Crippen LogP contribution in [0.5, 0.6) is 5.75 Å². The number of aliphatic hydroxyl groups is 1. The van der Waals surface area contributed by atoms with E-state index in [1.165, 1.54) is 5.39 Å². The quantitative estimate of drug-likeness (QED) is 0.757. The molecule has 0 bridgehead atoms. The SMILES string of the molecule is CC(C)c1nccn1CC(O)COc1ccc2ccccc2c1. The zero-order chi connectivity index (χ0) is 16.2. The smallest absolute Gasteiger partial charge is 0.120 e. The van der Waals surface area contributed by atoms with E-state index in [9.17, 15) is 5.11 Å². The van der Waals surface area contributed by atoms with Gasteiger partial charge in [0.2, 0.25) is 0 Å². The van der Waals surface area contributed by atoms with E-state index in [1.807, 2.05) is 41.1 Å². The van der Waals surface area contributed by atoms with Crippen molar-refractivity contribution in [2.24, 2.45) is 0 Å². The van der Waals surface area contributed by atoms with E-state index in [0.29, 0.717) is 12.5 Å². The molecule has 1 heterocycles. The Bertz CT molecular complexity index is 780. The first kappa shape index (κ1) is 15.6. The van der Waals surface area contributed by atoms with E-state index in [-0.39, 0.29) is 6.61 Å². The van der Waals surface area contributed by atoms with Gasteiger partial charge in [-0.1, -0.05) is 44.2 Å². The van der Waals surface area contributed by atoms with Gasteiger partial charge in [0, 0.05) is 18.3 Å². The molecule has 1 N–H and O–H groups in total. The summed E-state index contributed by atoms with van der Waals surface area (Å²) in [5, 5.41) is 12.5. The standard InChI is InChI=1S/C19H22N2O2/c1-14(2)19-20-9-10-21(19)12-17(22)13-23-18-8-7-15-5-3-4-6-16(15)11-18/h3-11,14,17,22H,12-13H2,1-2H3. The molecule has 120 valence electrons. The van der Waals surface area contributed by atoms with Gasteiger partial charge in [-0.25, -0.2) is 4.98 Å². The third-order valence-electron chi connectivity index (χ3n) is 3.83. The number of hydrogen-bond acceptors (Lipinski definition) is 3. The molecule has 4 heteroatoms. The molecule has 3 aromatic rings. The van der Waals surface area contributed by atoms with Crippen molar-refractivity contribution in [3.8, 4) is 5.75 Å². The average molecular weight is 310 g/mol. The first-order chi connectivity index (χ1) is 11.1. The molecule has 2 aromatic carbocycles. The monoisotopic (exact) mass is 310 g/mol. The molecule has 0 spiro atoms. The topological polar surface area (TPSA) is 47.3 Å². The number of fused-ring (bicyclic) bond motifs is 1. The molecule has 3 rings (SSSR count). The summed E-state index contributed by atoms with van der Waals surface area (Å²) >= 11 is 0. The van der Waals surface area contributed by atoms with Crippen LogP contribution in [0.1, 0.15) is 25.6 Å². The molecule has 4 nitrogen and oxygen atoms in total. The highest BCUT2D eigenvalue weighted by atomic mass is 16.5. The van der Waals surface area contributed by atoms with Gasteiger partial charge in [0.1, 0.15) is 24.3 Å². The Hall–Kier alpha value is -2.33. The molecule has 0 amide bonds. The van der Waals surface area contributed by atoms with E-state index < -0.39 is 6.10 Å². The normalized spacial score (nSPS) is 12.7. The van der Waals surface area contributed by atoms with Crippen LogP contribution in [-0.2, 0) is 6.54 Å². The van der Waals surface area contributed by atoms with E-state index in [1.54, 1.807) is 6.20 Å². The van der Waals surface area contributed by atoms with Crippen LogP contribution in [0.25, 0.3) is 10.8 Å². The third-order valence-corrected chi connectivity index (χ3v) is 3.83. The Balaban J connectivity index is 1.61. The molecule has 0 aliphatic carbocycles. The summed E-state index contributed by atoms with van der Waals surface area (Å²) in [6, 6.07) is 14.1. The lowest BCUT2D eigenvalue weighted by Crippen LogP contribution is -2.24. The number of rotatable bonds is 6. The van der Waals surface area contributed by atoms with E-state index in [4.69, 9.17) is 4.74 Å². The fourth-order valence-corrected chi connectivity index (χ4v) is 2.71. The molecular weight excluding hydrogens is 288 g/mol. The molecule has 0 aliphatic rings. The zero-order valence-corrected chi connectivity index (χ0v) is 13.5. The minimum atomic E-state index is -0.576. The maximum atomic E-state index is 10.2. The van der Waals surface area contributed by atoms with Gasteiger partial charge in [-0.05, 0) is 22.9 Å². The van der Waals surface area contributed by atoms with Crippen molar-refractivity contribution in [2.45, 2.75) is 32.4 Å². The van der Waals surface area contributed by atoms with Crippen molar-refractivity contribution in [2.75, 3.05) is 6.61 Å². The molecule has 0 saturated heterocycles. The van der Waals surface area contributed by atoms with Crippen LogP contribution in [0.3, 0.4) is 0 Å². The Labute approximate surface area is 136 Å². The van der Waals surface area contributed by atoms with Crippen molar-refractivity contribution >= 4 is 10.8 Å². The van der Waals surface area contributed by atoms with Crippen LogP contribution in [0.4, 0.5) is 0 Å². The maximum Gasteiger partial charge on any atom is 0.120 e. The largest absolute Gasteiger partial charge is 0.491 e. The van der Waals surface area contributed by atoms with Crippen LogP contribution in [0.15, 0.2) is 54.9 Å². The number of hydrogen-bond donors (Lipinski definition) is 1. The summed E-state index contributed by atoms with van der Waals surface area (Å²) in [5.74, 6) is 2.09. The number of ether oxygens (including phenoxy) is 1. The van der Waals surface area contributed by atoms with Crippen LogP contribution >= 0.6 is 0 Å². The predicted molar refractivity (Wildman–Crippen MR) is 91.8 cm³/mol. The molecule has 23 heavy (non-hydrogen) atoms. The van der Waals surface area contributed by atoms with Gasteiger partial charge in [0.05, 0.1) is 6.54 Å². The molecule has 1 atom stereocenters. The first-order valence-corrected chi connectivity index (χ1v) is 7.94. The van der Waals surface area contributed by atoms with Crippen LogP contribution in [0.2, 0.25) is 0 Å². The fraction of sp³-hybridized carbons (Fsp3) is 0.316. The number of aromatic nitrogens is 2. The second-order valence-corrected chi connectivity index (χ2v) is 6.07. The Morgan fingerprint density at radius 2 is 1.91 bits per heavy atom. The molecule has 0 fully saturated rings. The predicted octanol–water partition coefficient (Wildman–Crippen LogP) is 3.60. The van der Waals surface area contributed by atoms with Crippen LogP contribution < -0.4 is 4.74 Å². The van der Waals surface area contributed by atoms with Crippen molar-refractivity contribution in [3.05, 3.63) is 60.7 Å². The number of aliphatic hydroxyl groups excluding tert-OH is 1. The highest BCUT2D eigenvalue weighted by Crippen LogP contribution is 2.20. The third kappa shape index (κ3) is 3.71. The van der Waals surface area contributed by atoms with Gasteiger partial charge in [-0.15, -0.1) is 0 Å². The molecule has 0 saturated carbocycles. The number of imidazole rings is 1. The molecule has 1 aromatic heterocycles. The lowest BCUT2D eigenvalue weighted by molar-refractivity contribution is 0.0916. The number of benzene rings is 2. The summed E-state index contributed by atoms with van der Waals surface area (Å²) in [5.41, 5.74) is 0. The first-order valence-electron chi connectivity index (χ1n) is 7.94. The minimum absolute atomic E-state index is 0.258. The second kappa shape index (κ2) is 6.84. The van der Waals surface area contributed by atoms with E-state index >= 15 is 0 Å². The average Bonchev–Trinajstić information content (AvgIpc) is 3.01. The Kier molecular flexibility index (Phi) is 4.63. The molecular formula is C19H22N2O2. The van der Waals surface area contributed by atoms with Gasteiger partial charge in [-0.2, -0.15) is 0 Å². The second-order valence-electron chi connectivity index (χ2n) is 6.07. The van der Waals surface area contributed by atoms with Crippen LogP contribution in [-0.4, -0.2) is 27.4 Å². The highest BCUT2D eigenvalue weighted by Gasteiger charge is 2.12.